The molecule has 0 spiro atoms. The van der Waals surface area contributed by atoms with Crippen LogP contribution in [-0.2, 0) is 6.42 Å². The molecule has 84 valence electrons. The van der Waals surface area contributed by atoms with Gasteiger partial charge in [0, 0.05) is 17.7 Å². The first kappa shape index (κ1) is 10.9. The second-order valence-electron chi connectivity index (χ2n) is 3.76. The van der Waals surface area contributed by atoms with Crippen LogP contribution in [0.15, 0.2) is 34.9 Å². The number of aliphatic hydroxyl groups is 1. The number of aryl methyl sites for hydroxylation is 1. The van der Waals surface area contributed by atoms with E-state index < -0.39 is 0 Å². The molecule has 0 fully saturated rings. The minimum atomic E-state index is 0.193. The molecular formula is C13H15NO2. The summed E-state index contributed by atoms with van der Waals surface area (Å²) in [7, 11) is 0. The maximum Gasteiger partial charge on any atom is 0.137 e. The number of rotatable bonds is 4. The molecule has 2 rings (SSSR count). The van der Waals surface area contributed by atoms with E-state index >= 15 is 0 Å². The predicted molar refractivity (Wildman–Crippen MR) is 62.1 cm³/mol. The standard InChI is InChI=1S/C13H15NO2/c1-10-12(8-5-9-15)13(14-16-10)11-6-3-2-4-7-11/h2-4,6-7,15H,5,8-9H2,1H3. The number of aromatic nitrogens is 1. The van der Waals surface area contributed by atoms with E-state index in [1.54, 1.807) is 0 Å². The van der Waals surface area contributed by atoms with E-state index in [1.807, 2.05) is 37.3 Å². The van der Waals surface area contributed by atoms with E-state index in [-0.39, 0.29) is 6.61 Å². The molecule has 0 amide bonds. The predicted octanol–water partition coefficient (Wildman–Crippen LogP) is 2.57. The van der Waals surface area contributed by atoms with Crippen molar-refractivity contribution in [1.82, 2.24) is 5.16 Å². The van der Waals surface area contributed by atoms with Gasteiger partial charge in [0.05, 0.1) is 0 Å². The Morgan fingerprint density at radius 3 is 2.69 bits per heavy atom. The third-order valence-electron chi connectivity index (χ3n) is 2.62. The summed E-state index contributed by atoms with van der Waals surface area (Å²) in [6.07, 6.45) is 1.54. The SMILES string of the molecule is Cc1onc(-c2ccccc2)c1CCCO. The highest BCUT2D eigenvalue weighted by Gasteiger charge is 2.13. The number of hydrogen-bond donors (Lipinski definition) is 1. The maximum absolute atomic E-state index is 8.87. The first-order chi connectivity index (χ1) is 7.83. The fourth-order valence-electron chi connectivity index (χ4n) is 1.76. The lowest BCUT2D eigenvalue weighted by molar-refractivity contribution is 0.288. The summed E-state index contributed by atoms with van der Waals surface area (Å²) in [5.41, 5.74) is 3.05. The molecule has 1 N–H and O–H groups in total. The van der Waals surface area contributed by atoms with Gasteiger partial charge in [-0.15, -0.1) is 0 Å². The Labute approximate surface area is 94.7 Å². The average molecular weight is 217 g/mol. The van der Waals surface area contributed by atoms with Crippen molar-refractivity contribution in [2.45, 2.75) is 19.8 Å². The van der Waals surface area contributed by atoms with Gasteiger partial charge in [0.15, 0.2) is 0 Å². The Morgan fingerprint density at radius 1 is 1.25 bits per heavy atom. The summed E-state index contributed by atoms with van der Waals surface area (Å²) >= 11 is 0. The van der Waals surface area contributed by atoms with Crippen LogP contribution >= 0.6 is 0 Å². The van der Waals surface area contributed by atoms with Crippen molar-refractivity contribution in [3.8, 4) is 11.3 Å². The molecule has 0 aliphatic heterocycles. The van der Waals surface area contributed by atoms with Crippen LogP contribution in [0.4, 0.5) is 0 Å². The molecule has 16 heavy (non-hydrogen) atoms. The van der Waals surface area contributed by atoms with Gasteiger partial charge < -0.3 is 9.63 Å². The van der Waals surface area contributed by atoms with Gasteiger partial charge in [-0.3, -0.25) is 0 Å². The van der Waals surface area contributed by atoms with Gasteiger partial charge in [-0.1, -0.05) is 35.5 Å². The van der Waals surface area contributed by atoms with E-state index in [0.717, 1.165) is 35.4 Å². The van der Waals surface area contributed by atoms with Crippen molar-refractivity contribution in [2.24, 2.45) is 0 Å². The molecule has 0 atom stereocenters. The average Bonchev–Trinajstić information content (AvgIpc) is 2.69. The molecule has 3 nitrogen and oxygen atoms in total. The lowest BCUT2D eigenvalue weighted by atomic mass is 10.0. The Hall–Kier alpha value is -1.61. The molecule has 3 heteroatoms. The molecule has 0 unspecified atom stereocenters. The molecule has 1 aromatic carbocycles. The van der Waals surface area contributed by atoms with Crippen molar-refractivity contribution in [3.05, 3.63) is 41.7 Å². The number of nitrogens with zero attached hydrogens (tertiary/aromatic N) is 1. The highest BCUT2D eigenvalue weighted by atomic mass is 16.5. The summed E-state index contributed by atoms with van der Waals surface area (Å²) in [6, 6.07) is 9.97. The topological polar surface area (TPSA) is 46.3 Å². The van der Waals surface area contributed by atoms with Crippen molar-refractivity contribution in [2.75, 3.05) is 6.61 Å². The Kier molecular flexibility index (Phi) is 3.37. The first-order valence-electron chi connectivity index (χ1n) is 5.44. The Morgan fingerprint density at radius 2 is 2.00 bits per heavy atom. The van der Waals surface area contributed by atoms with E-state index in [0.29, 0.717) is 0 Å². The van der Waals surface area contributed by atoms with Crippen LogP contribution in [-0.4, -0.2) is 16.9 Å². The fourth-order valence-corrected chi connectivity index (χ4v) is 1.76. The van der Waals surface area contributed by atoms with Gasteiger partial charge in [-0.2, -0.15) is 0 Å². The number of benzene rings is 1. The molecule has 0 bridgehead atoms. The van der Waals surface area contributed by atoms with Crippen LogP contribution in [0.1, 0.15) is 17.7 Å². The summed E-state index contributed by atoms with van der Waals surface area (Å²) in [4.78, 5) is 0. The largest absolute Gasteiger partial charge is 0.396 e. The molecule has 0 aliphatic rings. The normalized spacial score (nSPS) is 10.6. The van der Waals surface area contributed by atoms with Gasteiger partial charge in [0.1, 0.15) is 11.5 Å². The van der Waals surface area contributed by atoms with E-state index in [1.165, 1.54) is 0 Å². The summed E-state index contributed by atoms with van der Waals surface area (Å²) in [5.74, 6) is 0.840. The smallest absolute Gasteiger partial charge is 0.137 e. The van der Waals surface area contributed by atoms with Crippen LogP contribution in [0, 0.1) is 6.92 Å². The van der Waals surface area contributed by atoms with E-state index in [2.05, 4.69) is 5.16 Å². The van der Waals surface area contributed by atoms with Crippen LogP contribution in [0.3, 0.4) is 0 Å². The third kappa shape index (κ3) is 2.14. The molecule has 0 saturated heterocycles. The molecule has 0 radical (unpaired) electrons. The molecule has 2 aromatic rings. The van der Waals surface area contributed by atoms with Gasteiger partial charge >= 0.3 is 0 Å². The van der Waals surface area contributed by atoms with Crippen molar-refractivity contribution in [3.63, 3.8) is 0 Å². The van der Waals surface area contributed by atoms with Crippen LogP contribution in [0.2, 0.25) is 0 Å². The second kappa shape index (κ2) is 4.94. The lowest BCUT2D eigenvalue weighted by Gasteiger charge is -2.01. The van der Waals surface area contributed by atoms with Crippen molar-refractivity contribution < 1.29 is 9.63 Å². The van der Waals surface area contributed by atoms with Crippen LogP contribution < -0.4 is 0 Å². The van der Waals surface area contributed by atoms with E-state index in [9.17, 15) is 0 Å². The van der Waals surface area contributed by atoms with Crippen molar-refractivity contribution in [1.29, 1.82) is 0 Å². The third-order valence-corrected chi connectivity index (χ3v) is 2.62. The lowest BCUT2D eigenvalue weighted by Crippen LogP contribution is -1.92. The van der Waals surface area contributed by atoms with Gasteiger partial charge in [0.25, 0.3) is 0 Å². The quantitative estimate of drug-likeness (QED) is 0.856. The Balaban J connectivity index is 2.34. The monoisotopic (exact) mass is 217 g/mol. The van der Waals surface area contributed by atoms with Crippen molar-refractivity contribution >= 4 is 0 Å². The molecule has 0 saturated carbocycles. The fraction of sp³-hybridized carbons (Fsp3) is 0.308. The molecular weight excluding hydrogens is 202 g/mol. The van der Waals surface area contributed by atoms with Crippen LogP contribution in [0.25, 0.3) is 11.3 Å². The summed E-state index contributed by atoms with van der Waals surface area (Å²) < 4.78 is 5.22. The number of hydrogen-bond acceptors (Lipinski definition) is 3. The summed E-state index contributed by atoms with van der Waals surface area (Å²) in [6.45, 7) is 2.10. The molecule has 1 heterocycles. The molecule has 1 aromatic heterocycles. The van der Waals surface area contributed by atoms with Gasteiger partial charge in [-0.05, 0) is 19.8 Å². The maximum atomic E-state index is 8.87. The zero-order valence-corrected chi connectivity index (χ0v) is 9.31. The van der Waals surface area contributed by atoms with Gasteiger partial charge in [-0.25, -0.2) is 0 Å². The zero-order chi connectivity index (χ0) is 11.4. The minimum Gasteiger partial charge on any atom is -0.396 e. The van der Waals surface area contributed by atoms with Gasteiger partial charge in [0.2, 0.25) is 0 Å². The highest BCUT2D eigenvalue weighted by molar-refractivity contribution is 5.63. The second-order valence-corrected chi connectivity index (χ2v) is 3.76. The number of aliphatic hydroxyl groups excluding tert-OH is 1. The first-order valence-corrected chi connectivity index (χ1v) is 5.44. The van der Waals surface area contributed by atoms with Crippen LogP contribution in [0.5, 0.6) is 0 Å². The Bertz CT molecular complexity index is 448. The zero-order valence-electron chi connectivity index (χ0n) is 9.31. The highest BCUT2D eigenvalue weighted by Crippen LogP contribution is 2.25. The summed E-state index contributed by atoms with van der Waals surface area (Å²) in [5, 5.41) is 12.9. The minimum absolute atomic E-state index is 0.193. The molecule has 0 aliphatic carbocycles. The van der Waals surface area contributed by atoms with E-state index in [4.69, 9.17) is 9.63 Å².